The van der Waals surface area contributed by atoms with Gasteiger partial charge in [-0.15, -0.1) is 0 Å². The molecule has 0 saturated heterocycles. The number of carboxylic acid groups (broad SMARTS) is 1. The maximum Gasteiger partial charge on any atom is 0.360 e. The highest BCUT2D eigenvalue weighted by Crippen LogP contribution is 2.36. The van der Waals surface area contributed by atoms with Gasteiger partial charge in [0.1, 0.15) is 5.75 Å². The lowest BCUT2D eigenvalue weighted by molar-refractivity contribution is -0.146. The number of rotatable bonds is 10. The minimum atomic E-state index is -1.12. The molecule has 1 atom stereocenters. The molecule has 1 aliphatic carbocycles. The van der Waals surface area contributed by atoms with Crippen LogP contribution in [0.25, 0.3) is 22.8 Å². The van der Waals surface area contributed by atoms with E-state index in [0.29, 0.717) is 42.2 Å². The molecule has 0 aliphatic heterocycles. The summed E-state index contributed by atoms with van der Waals surface area (Å²) < 4.78 is 16.9. The Labute approximate surface area is 204 Å². The smallest absolute Gasteiger partial charge is 0.360 e. The number of benzene rings is 1. The highest BCUT2D eigenvalue weighted by Gasteiger charge is 2.23. The summed E-state index contributed by atoms with van der Waals surface area (Å²) in [5.41, 5.74) is 4.21. The minimum absolute atomic E-state index is 0.397. The number of aromatic nitrogens is 3. The molecule has 35 heavy (non-hydrogen) atoms. The number of methoxy groups -OCH3 is 1. The van der Waals surface area contributed by atoms with Crippen molar-refractivity contribution < 1.29 is 23.9 Å². The summed E-state index contributed by atoms with van der Waals surface area (Å²) in [4.78, 5) is 20.8. The predicted octanol–water partition coefficient (Wildman–Crippen LogP) is 4.73. The van der Waals surface area contributed by atoms with Gasteiger partial charge >= 0.3 is 5.97 Å². The summed E-state index contributed by atoms with van der Waals surface area (Å²) in [5.74, 6) is 1.28. The average molecular weight is 481 g/mol. The van der Waals surface area contributed by atoms with E-state index < -0.39 is 12.2 Å². The van der Waals surface area contributed by atoms with E-state index in [1.807, 2.05) is 45.0 Å². The van der Waals surface area contributed by atoms with Gasteiger partial charge in [-0.2, -0.15) is 4.98 Å². The van der Waals surface area contributed by atoms with Gasteiger partial charge in [-0.3, -0.25) is 5.32 Å². The molecule has 2 aromatic heterocycles. The number of likely N-dealkylation sites (N-methyl/N-ethyl adjacent to an activating group) is 1. The number of hydrogen-bond acceptors (Lipinski definition) is 8. The van der Waals surface area contributed by atoms with Gasteiger partial charge in [0.15, 0.2) is 0 Å². The number of pyridine rings is 1. The molecule has 0 amide bonds. The van der Waals surface area contributed by atoms with Crippen LogP contribution in [-0.4, -0.2) is 46.1 Å². The summed E-state index contributed by atoms with van der Waals surface area (Å²) in [7, 11) is 1.60. The van der Waals surface area contributed by atoms with Crippen LogP contribution in [0.1, 0.15) is 62.3 Å². The molecule has 1 aliphatic rings. The van der Waals surface area contributed by atoms with Crippen molar-refractivity contribution in [2.45, 2.75) is 65.0 Å². The van der Waals surface area contributed by atoms with E-state index in [-0.39, 0.29) is 0 Å². The number of carbonyl (C=O) groups is 1. The van der Waals surface area contributed by atoms with Crippen LogP contribution in [0.3, 0.4) is 0 Å². The third-order valence-electron chi connectivity index (χ3n) is 6.32. The molecule has 3 aromatic rings. The Kier molecular flexibility index (Phi) is 7.65. The van der Waals surface area contributed by atoms with Crippen LogP contribution in [0.2, 0.25) is 0 Å². The number of hydrogen-bond donors (Lipinski definition) is 2. The van der Waals surface area contributed by atoms with Crippen molar-refractivity contribution in [1.82, 2.24) is 20.4 Å². The van der Waals surface area contributed by atoms with Gasteiger partial charge in [0, 0.05) is 28.8 Å². The van der Waals surface area contributed by atoms with E-state index in [4.69, 9.17) is 14.0 Å². The van der Waals surface area contributed by atoms with Gasteiger partial charge in [-0.1, -0.05) is 31.8 Å². The van der Waals surface area contributed by atoms with E-state index in [1.165, 1.54) is 12.8 Å². The molecule has 4 rings (SSSR count). The van der Waals surface area contributed by atoms with E-state index in [0.717, 1.165) is 40.8 Å². The summed E-state index contributed by atoms with van der Waals surface area (Å²) in [6.45, 7) is 6.18. The fourth-order valence-electron chi connectivity index (χ4n) is 4.53. The third-order valence-corrected chi connectivity index (χ3v) is 6.32. The zero-order chi connectivity index (χ0) is 24.9. The lowest BCUT2D eigenvalue weighted by atomic mass is 10.0. The van der Waals surface area contributed by atoms with Gasteiger partial charge < -0.3 is 19.1 Å². The second-order valence-electron chi connectivity index (χ2n) is 8.76. The first-order valence-corrected chi connectivity index (χ1v) is 12.1. The lowest BCUT2D eigenvalue weighted by Crippen LogP contribution is -2.41. The maximum absolute atomic E-state index is 11.6. The van der Waals surface area contributed by atoms with Gasteiger partial charge in [0.2, 0.25) is 17.9 Å². The van der Waals surface area contributed by atoms with Gasteiger partial charge in [-0.25, -0.2) is 9.78 Å². The van der Waals surface area contributed by atoms with Crippen molar-refractivity contribution >= 4 is 5.97 Å². The maximum atomic E-state index is 11.6. The first-order chi connectivity index (χ1) is 16.9. The summed E-state index contributed by atoms with van der Waals surface area (Å²) >= 11 is 0. The molecule has 0 spiro atoms. The average Bonchev–Trinajstić information content (AvgIpc) is 3.57. The summed E-state index contributed by atoms with van der Waals surface area (Å²) in [6.07, 6.45) is 4.20. The van der Waals surface area contributed by atoms with Crippen LogP contribution in [0.4, 0.5) is 0 Å². The Morgan fingerprint density at radius 1 is 1.17 bits per heavy atom. The summed E-state index contributed by atoms with van der Waals surface area (Å²) in [5, 5.41) is 16.5. The molecular weight excluding hydrogens is 448 g/mol. The minimum Gasteiger partial charge on any atom is -0.481 e. The van der Waals surface area contributed by atoms with Crippen LogP contribution in [0.15, 0.2) is 28.8 Å². The Morgan fingerprint density at radius 2 is 1.94 bits per heavy atom. The standard InChI is InChI=1S/C26H32N4O5/c1-5-16-12-18(11-15(3)22(16)34-25(26(31)32)27-6-2)23-29-24(35-30-23)19-13-20(17-9-7-8-10-17)28-21(14-19)33-4/h11-14,17,25,27H,5-10H2,1-4H3,(H,31,32). The SMILES string of the molecule is CCNC(Oc1c(C)cc(-c2noc(-c3cc(OC)nc(C4CCCC4)c3)n2)cc1CC)C(=O)O. The van der Waals surface area contributed by atoms with Gasteiger partial charge in [0.25, 0.3) is 5.89 Å². The topological polar surface area (TPSA) is 120 Å². The van der Waals surface area contributed by atoms with Gasteiger partial charge in [-0.05, 0) is 62.1 Å². The number of aryl methyl sites for hydroxylation is 2. The molecular formula is C26H32N4O5. The Bertz CT molecular complexity index is 1190. The zero-order valence-corrected chi connectivity index (χ0v) is 20.6. The van der Waals surface area contributed by atoms with Crippen molar-refractivity contribution in [2.24, 2.45) is 0 Å². The Hall–Kier alpha value is -3.46. The predicted molar refractivity (Wildman–Crippen MR) is 131 cm³/mol. The van der Waals surface area contributed by atoms with Crippen molar-refractivity contribution in [1.29, 1.82) is 0 Å². The third kappa shape index (κ3) is 5.45. The van der Waals surface area contributed by atoms with E-state index >= 15 is 0 Å². The Morgan fingerprint density at radius 3 is 2.60 bits per heavy atom. The number of carboxylic acids is 1. The number of ether oxygens (including phenoxy) is 2. The highest BCUT2D eigenvalue weighted by molar-refractivity contribution is 5.72. The second kappa shape index (κ2) is 10.9. The van der Waals surface area contributed by atoms with Crippen LogP contribution >= 0.6 is 0 Å². The monoisotopic (exact) mass is 480 g/mol. The van der Waals surface area contributed by atoms with Crippen LogP contribution in [0.5, 0.6) is 11.6 Å². The van der Waals surface area contributed by atoms with Crippen molar-refractivity contribution in [3.63, 3.8) is 0 Å². The Balaban J connectivity index is 1.65. The molecule has 1 aromatic carbocycles. The van der Waals surface area contributed by atoms with Crippen molar-refractivity contribution in [2.75, 3.05) is 13.7 Å². The molecule has 1 unspecified atom stereocenters. The highest BCUT2D eigenvalue weighted by atomic mass is 16.5. The molecule has 2 heterocycles. The number of aliphatic carboxylic acids is 1. The second-order valence-corrected chi connectivity index (χ2v) is 8.76. The largest absolute Gasteiger partial charge is 0.481 e. The molecule has 0 bridgehead atoms. The zero-order valence-electron chi connectivity index (χ0n) is 20.6. The van der Waals surface area contributed by atoms with E-state index in [2.05, 4.69) is 20.4 Å². The quantitative estimate of drug-likeness (QED) is 0.397. The number of nitrogens with zero attached hydrogens (tertiary/aromatic N) is 3. The van der Waals surface area contributed by atoms with Crippen LogP contribution in [0, 0.1) is 6.92 Å². The van der Waals surface area contributed by atoms with Gasteiger partial charge in [0.05, 0.1) is 7.11 Å². The fraction of sp³-hybridized carbons (Fsp3) is 0.462. The molecule has 0 radical (unpaired) electrons. The molecule has 2 N–H and O–H groups in total. The molecule has 1 fully saturated rings. The van der Waals surface area contributed by atoms with E-state index in [1.54, 1.807) is 7.11 Å². The van der Waals surface area contributed by atoms with Crippen molar-refractivity contribution in [3.8, 4) is 34.5 Å². The fourth-order valence-corrected chi connectivity index (χ4v) is 4.53. The lowest BCUT2D eigenvalue weighted by Gasteiger charge is -2.20. The molecule has 1 saturated carbocycles. The van der Waals surface area contributed by atoms with Crippen molar-refractivity contribution in [3.05, 3.63) is 41.1 Å². The first-order valence-electron chi connectivity index (χ1n) is 12.1. The van der Waals surface area contributed by atoms with Crippen LogP contribution in [-0.2, 0) is 11.2 Å². The first kappa shape index (κ1) is 24.7. The van der Waals surface area contributed by atoms with E-state index in [9.17, 15) is 9.90 Å². The normalized spacial score (nSPS) is 14.7. The molecule has 9 heteroatoms. The molecule has 9 nitrogen and oxygen atoms in total. The number of nitrogens with one attached hydrogen (secondary N) is 1. The molecule has 186 valence electrons. The summed E-state index contributed by atoms with van der Waals surface area (Å²) in [6, 6.07) is 7.62. The van der Waals surface area contributed by atoms with Crippen LogP contribution < -0.4 is 14.8 Å².